The highest BCUT2D eigenvalue weighted by molar-refractivity contribution is 5.98. The maximum Gasteiger partial charge on any atom is 0.241 e. The molecule has 1 amide bonds. The summed E-state index contributed by atoms with van der Waals surface area (Å²) < 4.78 is 1.81. The van der Waals surface area contributed by atoms with Crippen molar-refractivity contribution in [2.45, 2.75) is 26.3 Å². The quantitative estimate of drug-likeness (QED) is 0.878. The zero-order valence-electron chi connectivity index (χ0n) is 12.6. The van der Waals surface area contributed by atoms with Crippen molar-refractivity contribution in [2.75, 3.05) is 5.32 Å². The van der Waals surface area contributed by atoms with Crippen LogP contribution in [0.4, 0.5) is 5.69 Å². The second-order valence-corrected chi connectivity index (χ2v) is 5.21. The molecule has 6 nitrogen and oxygen atoms in total. The number of carbonyl (C=O) groups excluding carboxylic acids is 1. The average molecular weight is 287 g/mol. The Morgan fingerprint density at radius 1 is 1.43 bits per heavy atom. The van der Waals surface area contributed by atoms with Crippen LogP contribution in [0, 0.1) is 5.92 Å². The maximum atomic E-state index is 12.2. The highest BCUT2D eigenvalue weighted by atomic mass is 16.2. The summed E-state index contributed by atoms with van der Waals surface area (Å²) in [4.78, 5) is 12.2. The molecule has 0 spiro atoms. The predicted octanol–water partition coefficient (Wildman–Crippen LogP) is 1.79. The zero-order chi connectivity index (χ0) is 15.4. The van der Waals surface area contributed by atoms with E-state index in [2.05, 4.69) is 15.5 Å². The minimum absolute atomic E-state index is 0.131. The summed E-state index contributed by atoms with van der Waals surface area (Å²) in [5.41, 5.74) is 7.49. The van der Waals surface area contributed by atoms with E-state index < -0.39 is 6.04 Å². The Kier molecular flexibility index (Phi) is 4.70. The first-order valence-corrected chi connectivity index (χ1v) is 7.04. The van der Waals surface area contributed by atoms with Gasteiger partial charge in [0.05, 0.1) is 11.7 Å². The van der Waals surface area contributed by atoms with Crippen LogP contribution in [0.3, 0.4) is 0 Å². The molecule has 3 N–H and O–H groups in total. The summed E-state index contributed by atoms with van der Waals surface area (Å²) in [6.07, 6.45) is 2.48. The van der Waals surface area contributed by atoms with Crippen LogP contribution in [0.2, 0.25) is 0 Å². The Morgan fingerprint density at radius 3 is 2.76 bits per heavy atom. The summed E-state index contributed by atoms with van der Waals surface area (Å²) in [5, 5.41) is 10.8. The van der Waals surface area contributed by atoms with Crippen LogP contribution in [-0.4, -0.2) is 26.7 Å². The fraction of sp³-hybridized carbons (Fsp3) is 0.400. The molecule has 0 unspecified atom stereocenters. The van der Waals surface area contributed by atoms with Gasteiger partial charge >= 0.3 is 0 Å². The molecule has 112 valence electrons. The number of aromatic nitrogens is 3. The lowest BCUT2D eigenvalue weighted by Gasteiger charge is -2.18. The lowest BCUT2D eigenvalue weighted by atomic mass is 9.99. The molecule has 0 aliphatic heterocycles. The molecule has 0 aliphatic carbocycles. The number of nitrogens with one attached hydrogen (secondary N) is 1. The molecule has 2 atom stereocenters. The summed E-state index contributed by atoms with van der Waals surface area (Å²) >= 11 is 0. The minimum atomic E-state index is -0.525. The van der Waals surface area contributed by atoms with Crippen molar-refractivity contribution < 1.29 is 4.79 Å². The fourth-order valence-electron chi connectivity index (χ4n) is 2.04. The fourth-order valence-corrected chi connectivity index (χ4v) is 2.04. The Morgan fingerprint density at radius 2 is 2.14 bits per heavy atom. The Bertz CT molecular complexity index is 622. The zero-order valence-corrected chi connectivity index (χ0v) is 12.6. The van der Waals surface area contributed by atoms with Crippen molar-refractivity contribution >= 4 is 11.6 Å². The van der Waals surface area contributed by atoms with E-state index in [0.29, 0.717) is 11.5 Å². The van der Waals surface area contributed by atoms with Crippen LogP contribution in [0.1, 0.15) is 20.3 Å². The average Bonchev–Trinajstić information content (AvgIpc) is 2.92. The second-order valence-electron chi connectivity index (χ2n) is 5.21. The van der Waals surface area contributed by atoms with E-state index in [9.17, 15) is 4.79 Å². The first kappa shape index (κ1) is 15.2. The van der Waals surface area contributed by atoms with Crippen molar-refractivity contribution in [2.24, 2.45) is 18.7 Å². The van der Waals surface area contributed by atoms with Crippen LogP contribution in [0.15, 0.2) is 30.6 Å². The largest absolute Gasteiger partial charge is 0.324 e. The van der Waals surface area contributed by atoms with Gasteiger partial charge in [-0.15, -0.1) is 10.2 Å². The van der Waals surface area contributed by atoms with Gasteiger partial charge in [-0.3, -0.25) is 4.79 Å². The van der Waals surface area contributed by atoms with Gasteiger partial charge in [0.15, 0.2) is 5.82 Å². The van der Waals surface area contributed by atoms with Gasteiger partial charge in [0.25, 0.3) is 0 Å². The molecule has 2 aromatic rings. The molecule has 1 aromatic carbocycles. The molecule has 6 heteroatoms. The lowest BCUT2D eigenvalue weighted by molar-refractivity contribution is -0.118. The van der Waals surface area contributed by atoms with Gasteiger partial charge in [0.2, 0.25) is 5.91 Å². The van der Waals surface area contributed by atoms with E-state index in [4.69, 9.17) is 5.73 Å². The molecule has 0 fully saturated rings. The van der Waals surface area contributed by atoms with Gasteiger partial charge in [-0.05, 0) is 18.1 Å². The molecule has 0 aliphatic rings. The molecular weight excluding hydrogens is 266 g/mol. The Hall–Kier alpha value is -2.21. The van der Waals surface area contributed by atoms with E-state index in [1.807, 2.05) is 45.2 Å². The summed E-state index contributed by atoms with van der Waals surface area (Å²) in [6.45, 7) is 3.99. The highest BCUT2D eigenvalue weighted by Crippen LogP contribution is 2.25. The summed E-state index contributed by atoms with van der Waals surface area (Å²) in [7, 11) is 1.86. The smallest absolute Gasteiger partial charge is 0.241 e. The monoisotopic (exact) mass is 287 g/mol. The number of rotatable bonds is 5. The second kappa shape index (κ2) is 6.49. The SMILES string of the molecule is CC[C@H](C)[C@H](N)C(=O)Nc1ccccc1-c1nncn1C. The van der Waals surface area contributed by atoms with E-state index in [1.54, 1.807) is 10.9 Å². The van der Waals surface area contributed by atoms with Crippen LogP contribution < -0.4 is 11.1 Å². The molecular formula is C15H21N5O. The molecule has 1 heterocycles. The summed E-state index contributed by atoms with van der Waals surface area (Å²) in [5.74, 6) is 0.647. The standard InChI is InChI=1S/C15H21N5O/c1-4-10(2)13(16)15(21)18-12-8-6-5-7-11(12)14-19-17-9-20(14)3/h5-10,13H,4,16H2,1-3H3,(H,18,21)/t10-,13-/m0/s1. The first-order valence-electron chi connectivity index (χ1n) is 7.04. The van der Waals surface area contributed by atoms with Crippen molar-refractivity contribution in [3.05, 3.63) is 30.6 Å². The van der Waals surface area contributed by atoms with Crippen molar-refractivity contribution in [1.82, 2.24) is 14.8 Å². The predicted molar refractivity (Wildman–Crippen MR) is 82.5 cm³/mol. The maximum absolute atomic E-state index is 12.2. The van der Waals surface area contributed by atoms with Crippen molar-refractivity contribution in [3.8, 4) is 11.4 Å². The molecule has 2 rings (SSSR count). The number of hydrogen-bond donors (Lipinski definition) is 2. The van der Waals surface area contributed by atoms with Gasteiger partial charge in [-0.25, -0.2) is 0 Å². The van der Waals surface area contributed by atoms with E-state index in [-0.39, 0.29) is 11.8 Å². The first-order chi connectivity index (χ1) is 10.0. The Balaban J connectivity index is 2.26. The molecule has 0 radical (unpaired) electrons. The van der Waals surface area contributed by atoms with E-state index in [1.165, 1.54) is 0 Å². The third-order valence-corrected chi connectivity index (χ3v) is 3.70. The van der Waals surface area contributed by atoms with Gasteiger partial charge in [-0.2, -0.15) is 0 Å². The van der Waals surface area contributed by atoms with Gasteiger partial charge in [0.1, 0.15) is 6.33 Å². The normalized spacial score (nSPS) is 13.7. The molecule has 1 aromatic heterocycles. The number of aryl methyl sites for hydroxylation is 1. The van der Waals surface area contributed by atoms with Crippen LogP contribution >= 0.6 is 0 Å². The number of amides is 1. The topological polar surface area (TPSA) is 85.8 Å². The molecule has 21 heavy (non-hydrogen) atoms. The molecule has 0 bridgehead atoms. The third-order valence-electron chi connectivity index (χ3n) is 3.70. The number of benzene rings is 1. The number of carbonyl (C=O) groups is 1. The van der Waals surface area contributed by atoms with Gasteiger partial charge < -0.3 is 15.6 Å². The van der Waals surface area contributed by atoms with Crippen LogP contribution in [-0.2, 0) is 11.8 Å². The number of nitrogens with two attached hydrogens (primary N) is 1. The lowest BCUT2D eigenvalue weighted by Crippen LogP contribution is -2.40. The minimum Gasteiger partial charge on any atom is -0.324 e. The Labute approximate surface area is 124 Å². The van der Waals surface area contributed by atoms with Crippen LogP contribution in [0.5, 0.6) is 0 Å². The third kappa shape index (κ3) is 3.28. The van der Waals surface area contributed by atoms with Gasteiger partial charge in [-0.1, -0.05) is 32.4 Å². The van der Waals surface area contributed by atoms with E-state index >= 15 is 0 Å². The van der Waals surface area contributed by atoms with Crippen LogP contribution in [0.25, 0.3) is 11.4 Å². The number of hydrogen-bond acceptors (Lipinski definition) is 4. The van der Waals surface area contributed by atoms with E-state index in [0.717, 1.165) is 12.0 Å². The summed E-state index contributed by atoms with van der Waals surface area (Å²) in [6, 6.07) is 6.97. The van der Waals surface area contributed by atoms with Crippen molar-refractivity contribution in [1.29, 1.82) is 0 Å². The van der Waals surface area contributed by atoms with Gasteiger partial charge in [0, 0.05) is 12.6 Å². The molecule has 0 saturated heterocycles. The number of nitrogens with zero attached hydrogens (tertiary/aromatic N) is 3. The van der Waals surface area contributed by atoms with Crippen molar-refractivity contribution in [3.63, 3.8) is 0 Å². The highest BCUT2D eigenvalue weighted by Gasteiger charge is 2.21. The molecule has 0 saturated carbocycles. The number of para-hydroxylation sites is 1. The number of anilines is 1.